The molecule has 0 aromatic heterocycles. The van der Waals surface area contributed by atoms with Gasteiger partial charge in [-0.1, -0.05) is 18.2 Å². The molecule has 0 bridgehead atoms. The van der Waals surface area contributed by atoms with Gasteiger partial charge >= 0.3 is 6.03 Å². The number of rotatable bonds is 2. The minimum atomic E-state index is -2.62. The van der Waals surface area contributed by atoms with Crippen LogP contribution in [0.1, 0.15) is 12.0 Å². The Bertz CT molecular complexity index is 315. The van der Waals surface area contributed by atoms with E-state index in [0.29, 0.717) is 0 Å². The summed E-state index contributed by atoms with van der Waals surface area (Å²) in [7, 11) is 0. The van der Waals surface area contributed by atoms with Gasteiger partial charge in [0.2, 0.25) is 0 Å². The van der Waals surface area contributed by atoms with Crippen molar-refractivity contribution in [3.8, 4) is 0 Å². The van der Waals surface area contributed by atoms with Crippen LogP contribution in [0.3, 0.4) is 0 Å². The first kappa shape index (κ1) is 9.44. The highest BCUT2D eigenvalue weighted by Crippen LogP contribution is 2.26. The molecule has 13 heavy (non-hydrogen) atoms. The lowest BCUT2D eigenvalue weighted by atomic mass is 10.2. The van der Waals surface area contributed by atoms with Crippen LogP contribution in [0.15, 0.2) is 24.3 Å². The molecule has 0 aliphatic carbocycles. The summed E-state index contributed by atoms with van der Waals surface area (Å²) in [6.07, 6.45) is -2.62. The van der Waals surface area contributed by atoms with E-state index in [4.69, 9.17) is 5.73 Å². The SMILES string of the molecule is NC(=O)Nc1ccccc1C(F)F. The third-order valence-corrected chi connectivity index (χ3v) is 1.45. The molecule has 0 radical (unpaired) electrons. The van der Waals surface area contributed by atoms with Crippen LogP contribution in [0.5, 0.6) is 0 Å². The summed E-state index contributed by atoms with van der Waals surface area (Å²) in [5.74, 6) is 0. The topological polar surface area (TPSA) is 55.1 Å². The molecule has 1 rings (SSSR count). The van der Waals surface area contributed by atoms with Crippen LogP contribution in [0.25, 0.3) is 0 Å². The van der Waals surface area contributed by atoms with Gasteiger partial charge in [-0.2, -0.15) is 0 Å². The first-order chi connectivity index (χ1) is 6.11. The number of urea groups is 1. The van der Waals surface area contributed by atoms with Crippen LogP contribution >= 0.6 is 0 Å². The van der Waals surface area contributed by atoms with Crippen LogP contribution in [-0.4, -0.2) is 6.03 Å². The third-order valence-electron chi connectivity index (χ3n) is 1.45. The van der Waals surface area contributed by atoms with Crippen LogP contribution in [0, 0.1) is 0 Å². The van der Waals surface area contributed by atoms with Gasteiger partial charge in [-0.05, 0) is 6.07 Å². The largest absolute Gasteiger partial charge is 0.351 e. The Morgan fingerprint density at radius 3 is 2.54 bits per heavy atom. The van der Waals surface area contributed by atoms with Gasteiger partial charge in [0.25, 0.3) is 6.43 Å². The highest BCUT2D eigenvalue weighted by Gasteiger charge is 2.12. The van der Waals surface area contributed by atoms with Crippen molar-refractivity contribution in [1.29, 1.82) is 0 Å². The first-order valence-corrected chi connectivity index (χ1v) is 3.55. The summed E-state index contributed by atoms with van der Waals surface area (Å²) in [5.41, 5.74) is 4.61. The van der Waals surface area contributed by atoms with Gasteiger partial charge in [0, 0.05) is 5.56 Å². The molecular weight excluding hydrogens is 178 g/mol. The molecular formula is C8H8F2N2O. The molecule has 3 nitrogen and oxygen atoms in total. The third kappa shape index (κ3) is 2.40. The predicted molar refractivity (Wildman–Crippen MR) is 44.6 cm³/mol. The molecule has 0 atom stereocenters. The predicted octanol–water partition coefficient (Wildman–Crippen LogP) is 2.11. The maximum atomic E-state index is 12.3. The number of para-hydroxylation sites is 1. The van der Waals surface area contributed by atoms with Crippen LogP contribution in [-0.2, 0) is 0 Å². The zero-order valence-electron chi connectivity index (χ0n) is 6.63. The fourth-order valence-electron chi connectivity index (χ4n) is 0.934. The van der Waals surface area contributed by atoms with Gasteiger partial charge in [0.15, 0.2) is 0 Å². The number of benzene rings is 1. The highest BCUT2D eigenvalue weighted by molar-refractivity contribution is 5.88. The molecule has 3 N–H and O–H groups in total. The summed E-state index contributed by atoms with van der Waals surface area (Å²) in [5, 5.41) is 2.11. The number of nitrogens with two attached hydrogens (primary N) is 1. The monoisotopic (exact) mass is 186 g/mol. The van der Waals surface area contributed by atoms with Gasteiger partial charge in [-0.25, -0.2) is 13.6 Å². The Morgan fingerprint density at radius 2 is 2.00 bits per heavy atom. The summed E-state index contributed by atoms with van der Waals surface area (Å²) in [6, 6.07) is 4.75. The van der Waals surface area contributed by atoms with E-state index in [2.05, 4.69) is 5.32 Å². The molecule has 2 amide bonds. The van der Waals surface area contributed by atoms with E-state index in [0.717, 1.165) is 0 Å². The molecule has 5 heteroatoms. The molecule has 1 aromatic rings. The Morgan fingerprint density at radius 1 is 1.38 bits per heavy atom. The average molecular weight is 186 g/mol. The standard InChI is InChI=1S/C8H8F2N2O/c9-7(10)5-3-1-2-4-6(5)12-8(11)13/h1-4,7H,(H3,11,12,13). The summed E-state index contributed by atoms with van der Waals surface area (Å²) in [6.45, 7) is 0. The van der Waals surface area contributed by atoms with Crippen molar-refractivity contribution < 1.29 is 13.6 Å². The second-order valence-corrected chi connectivity index (χ2v) is 2.38. The van der Waals surface area contributed by atoms with Gasteiger partial charge in [0.05, 0.1) is 5.69 Å². The molecule has 70 valence electrons. The van der Waals surface area contributed by atoms with Crippen molar-refractivity contribution in [2.75, 3.05) is 5.32 Å². The number of halogens is 2. The Hall–Kier alpha value is -1.65. The summed E-state index contributed by atoms with van der Waals surface area (Å²) < 4.78 is 24.6. The summed E-state index contributed by atoms with van der Waals surface area (Å²) >= 11 is 0. The van der Waals surface area contributed by atoms with E-state index in [-0.39, 0.29) is 11.3 Å². The van der Waals surface area contributed by atoms with E-state index < -0.39 is 12.5 Å². The minimum Gasteiger partial charge on any atom is -0.351 e. The maximum Gasteiger partial charge on any atom is 0.316 e. The Labute approximate surface area is 73.5 Å². The Balaban J connectivity index is 2.97. The summed E-state index contributed by atoms with van der Waals surface area (Å²) in [4.78, 5) is 10.4. The van der Waals surface area contributed by atoms with E-state index in [1.807, 2.05) is 0 Å². The first-order valence-electron chi connectivity index (χ1n) is 3.55. The minimum absolute atomic E-state index is 0.0463. The van der Waals surface area contributed by atoms with Crippen molar-refractivity contribution in [1.82, 2.24) is 0 Å². The van der Waals surface area contributed by atoms with E-state index in [9.17, 15) is 13.6 Å². The molecule has 0 saturated carbocycles. The van der Waals surface area contributed by atoms with Gasteiger partial charge in [-0.15, -0.1) is 0 Å². The van der Waals surface area contributed by atoms with Crippen molar-refractivity contribution in [3.63, 3.8) is 0 Å². The number of carbonyl (C=O) groups excluding carboxylic acids is 1. The maximum absolute atomic E-state index is 12.3. The lowest BCUT2D eigenvalue weighted by Gasteiger charge is -2.07. The number of primary amides is 1. The fourth-order valence-corrected chi connectivity index (χ4v) is 0.934. The number of alkyl halides is 2. The van der Waals surface area contributed by atoms with Crippen LogP contribution in [0.4, 0.5) is 19.3 Å². The number of carbonyl (C=O) groups is 1. The van der Waals surface area contributed by atoms with Crippen molar-refractivity contribution >= 4 is 11.7 Å². The molecule has 0 aliphatic rings. The molecule has 1 aromatic carbocycles. The van der Waals surface area contributed by atoms with Crippen LogP contribution in [0.2, 0.25) is 0 Å². The highest BCUT2D eigenvalue weighted by atomic mass is 19.3. The second-order valence-electron chi connectivity index (χ2n) is 2.38. The van der Waals surface area contributed by atoms with Crippen molar-refractivity contribution in [3.05, 3.63) is 29.8 Å². The zero-order chi connectivity index (χ0) is 9.84. The fraction of sp³-hybridized carbons (Fsp3) is 0.125. The van der Waals surface area contributed by atoms with Gasteiger partial charge in [0.1, 0.15) is 0 Å². The normalized spacial score (nSPS) is 10.1. The van der Waals surface area contributed by atoms with E-state index >= 15 is 0 Å². The molecule has 0 fully saturated rings. The number of nitrogens with one attached hydrogen (secondary N) is 1. The smallest absolute Gasteiger partial charge is 0.316 e. The number of hydrogen-bond donors (Lipinski definition) is 2. The number of hydrogen-bond acceptors (Lipinski definition) is 1. The van der Waals surface area contributed by atoms with Gasteiger partial charge < -0.3 is 11.1 Å². The van der Waals surface area contributed by atoms with Crippen molar-refractivity contribution in [2.24, 2.45) is 5.73 Å². The zero-order valence-corrected chi connectivity index (χ0v) is 6.63. The number of amides is 2. The van der Waals surface area contributed by atoms with Crippen LogP contribution < -0.4 is 11.1 Å². The Kier molecular flexibility index (Phi) is 2.79. The lowest BCUT2D eigenvalue weighted by Crippen LogP contribution is -2.20. The van der Waals surface area contributed by atoms with Crippen molar-refractivity contribution in [2.45, 2.75) is 6.43 Å². The van der Waals surface area contributed by atoms with E-state index in [1.54, 1.807) is 0 Å². The molecule has 0 heterocycles. The molecule has 0 saturated heterocycles. The molecule has 0 spiro atoms. The van der Waals surface area contributed by atoms with Gasteiger partial charge in [-0.3, -0.25) is 0 Å². The van der Waals surface area contributed by atoms with E-state index in [1.165, 1.54) is 24.3 Å². The quantitative estimate of drug-likeness (QED) is 0.730. The number of anilines is 1. The second kappa shape index (κ2) is 3.84. The lowest BCUT2D eigenvalue weighted by molar-refractivity contribution is 0.152. The molecule has 0 aliphatic heterocycles. The average Bonchev–Trinajstić information content (AvgIpc) is 2.03. The molecule has 0 unspecified atom stereocenters.